The van der Waals surface area contributed by atoms with Gasteiger partial charge in [-0.1, -0.05) is 0 Å². The van der Waals surface area contributed by atoms with E-state index < -0.39 is 0 Å². The lowest BCUT2D eigenvalue weighted by molar-refractivity contribution is 0.664. The van der Waals surface area contributed by atoms with Crippen LogP contribution in [0.2, 0.25) is 0 Å². The Labute approximate surface area is 95.7 Å². The molecule has 0 saturated heterocycles. The monoisotopic (exact) mass is 225 g/mol. The lowest BCUT2D eigenvalue weighted by Crippen LogP contribution is -2.19. The molecule has 0 radical (unpaired) electrons. The molecule has 0 aromatic carbocycles. The third-order valence-electron chi connectivity index (χ3n) is 2.68. The minimum Gasteiger partial charge on any atom is -0.337 e. The van der Waals surface area contributed by atoms with Crippen LogP contribution >= 0.6 is 11.8 Å². The van der Waals surface area contributed by atoms with E-state index in [4.69, 9.17) is 0 Å². The van der Waals surface area contributed by atoms with E-state index in [9.17, 15) is 0 Å². The van der Waals surface area contributed by atoms with Gasteiger partial charge in [-0.3, -0.25) is 0 Å². The molecule has 1 aliphatic carbocycles. The second-order valence-corrected chi connectivity index (χ2v) is 5.30. The summed E-state index contributed by atoms with van der Waals surface area (Å²) in [5.74, 6) is 4.75. The number of rotatable bonds is 7. The molecular formula is C11H19N3S. The van der Waals surface area contributed by atoms with Gasteiger partial charge >= 0.3 is 0 Å². The van der Waals surface area contributed by atoms with E-state index >= 15 is 0 Å². The molecular weight excluding hydrogens is 206 g/mol. The highest BCUT2D eigenvalue weighted by Gasteiger charge is 2.20. The molecule has 1 fully saturated rings. The maximum absolute atomic E-state index is 4.27. The zero-order chi connectivity index (χ0) is 10.5. The number of nitrogens with zero attached hydrogens (tertiary/aromatic N) is 2. The van der Waals surface area contributed by atoms with Gasteiger partial charge in [-0.25, -0.2) is 4.98 Å². The second kappa shape index (κ2) is 5.56. The highest BCUT2D eigenvalue weighted by Crippen LogP contribution is 2.32. The van der Waals surface area contributed by atoms with Gasteiger partial charge < -0.3 is 9.88 Å². The Morgan fingerprint density at radius 2 is 2.47 bits per heavy atom. The van der Waals surface area contributed by atoms with Gasteiger partial charge in [0.25, 0.3) is 0 Å². The molecule has 84 valence electrons. The Kier molecular flexibility index (Phi) is 4.09. The van der Waals surface area contributed by atoms with Crippen LogP contribution in [0.1, 0.15) is 18.7 Å². The maximum atomic E-state index is 4.27. The molecule has 4 heteroatoms. The molecule has 1 N–H and O–H groups in total. The molecule has 15 heavy (non-hydrogen) atoms. The van der Waals surface area contributed by atoms with E-state index in [1.165, 1.54) is 24.3 Å². The molecule has 0 spiro atoms. The fraction of sp³-hybridized carbons (Fsp3) is 0.727. The van der Waals surface area contributed by atoms with Gasteiger partial charge in [-0.15, -0.1) is 0 Å². The number of imidazole rings is 1. The molecule has 1 heterocycles. The zero-order valence-corrected chi connectivity index (χ0v) is 10.1. The molecule has 0 atom stereocenters. The van der Waals surface area contributed by atoms with Gasteiger partial charge in [-0.05, 0) is 24.5 Å². The van der Waals surface area contributed by atoms with Crippen molar-refractivity contribution in [1.29, 1.82) is 0 Å². The van der Waals surface area contributed by atoms with Crippen molar-refractivity contribution >= 4 is 11.8 Å². The quantitative estimate of drug-likeness (QED) is 0.716. The molecule has 0 amide bonds. The third-order valence-corrected chi connectivity index (χ3v) is 3.88. The fourth-order valence-electron chi connectivity index (χ4n) is 1.45. The summed E-state index contributed by atoms with van der Waals surface area (Å²) >= 11 is 2.08. The maximum Gasteiger partial charge on any atom is 0.122 e. The predicted molar refractivity (Wildman–Crippen MR) is 65.0 cm³/mol. The predicted octanol–water partition coefficient (Wildman–Crippen LogP) is 1.65. The molecule has 1 saturated carbocycles. The summed E-state index contributed by atoms with van der Waals surface area (Å²) in [4.78, 5) is 4.27. The largest absolute Gasteiger partial charge is 0.337 e. The Bertz CT molecular complexity index is 294. The van der Waals surface area contributed by atoms with Crippen LogP contribution in [0.4, 0.5) is 0 Å². The summed E-state index contributed by atoms with van der Waals surface area (Å²) in [6.07, 6.45) is 6.76. The van der Waals surface area contributed by atoms with Gasteiger partial charge in [-0.2, -0.15) is 11.8 Å². The van der Waals surface area contributed by atoms with Crippen molar-refractivity contribution in [3.05, 3.63) is 18.2 Å². The standard InChI is InChI=1S/C11H19N3S/c1-14-6-4-13-11(14)8-12-5-7-15-9-10-2-3-10/h4,6,10,12H,2-3,5,7-9H2,1H3. The third kappa shape index (κ3) is 3.87. The summed E-state index contributed by atoms with van der Waals surface area (Å²) in [6, 6.07) is 0. The first-order chi connectivity index (χ1) is 7.36. The first kappa shape index (κ1) is 11.0. The molecule has 3 nitrogen and oxygen atoms in total. The van der Waals surface area contributed by atoms with Crippen LogP contribution < -0.4 is 5.32 Å². The van der Waals surface area contributed by atoms with E-state index in [-0.39, 0.29) is 0 Å². The Morgan fingerprint density at radius 1 is 1.60 bits per heavy atom. The molecule has 0 aliphatic heterocycles. The smallest absolute Gasteiger partial charge is 0.122 e. The summed E-state index contributed by atoms with van der Waals surface area (Å²) in [5, 5.41) is 3.42. The molecule has 0 unspecified atom stereocenters. The van der Waals surface area contributed by atoms with Gasteiger partial charge in [0.15, 0.2) is 0 Å². The van der Waals surface area contributed by atoms with Crippen molar-refractivity contribution in [2.45, 2.75) is 19.4 Å². The molecule has 2 rings (SSSR count). The van der Waals surface area contributed by atoms with Crippen molar-refractivity contribution in [3.63, 3.8) is 0 Å². The van der Waals surface area contributed by atoms with Crippen molar-refractivity contribution in [2.24, 2.45) is 13.0 Å². The second-order valence-electron chi connectivity index (χ2n) is 4.15. The van der Waals surface area contributed by atoms with Crippen molar-refractivity contribution in [1.82, 2.24) is 14.9 Å². The number of hydrogen-bond donors (Lipinski definition) is 1. The van der Waals surface area contributed by atoms with Gasteiger partial charge in [0.05, 0.1) is 6.54 Å². The van der Waals surface area contributed by atoms with Crippen LogP contribution in [0.25, 0.3) is 0 Å². The fourth-order valence-corrected chi connectivity index (χ4v) is 2.57. The van der Waals surface area contributed by atoms with Crippen LogP contribution in [0.15, 0.2) is 12.4 Å². The lowest BCUT2D eigenvalue weighted by Gasteiger charge is -2.04. The summed E-state index contributed by atoms with van der Waals surface area (Å²) in [6.45, 7) is 1.97. The normalized spacial score (nSPS) is 15.8. The van der Waals surface area contributed by atoms with Crippen LogP contribution in [0, 0.1) is 5.92 Å². The number of thioether (sulfide) groups is 1. The summed E-state index contributed by atoms with van der Waals surface area (Å²) < 4.78 is 2.06. The van der Waals surface area contributed by atoms with Gasteiger partial charge in [0.2, 0.25) is 0 Å². The van der Waals surface area contributed by atoms with Crippen LogP contribution in [0.5, 0.6) is 0 Å². The average Bonchev–Trinajstić information content (AvgIpc) is 2.96. The Morgan fingerprint density at radius 3 is 3.13 bits per heavy atom. The summed E-state index contributed by atoms with van der Waals surface area (Å²) in [7, 11) is 2.03. The first-order valence-corrected chi connectivity index (χ1v) is 6.76. The van der Waals surface area contributed by atoms with E-state index in [0.717, 1.165) is 24.8 Å². The number of aromatic nitrogens is 2. The van der Waals surface area contributed by atoms with Crippen molar-refractivity contribution in [3.8, 4) is 0 Å². The SMILES string of the molecule is Cn1ccnc1CNCCSCC1CC1. The molecule has 1 aliphatic rings. The van der Waals surface area contributed by atoms with Crippen molar-refractivity contribution < 1.29 is 0 Å². The highest BCUT2D eigenvalue weighted by molar-refractivity contribution is 7.99. The highest BCUT2D eigenvalue weighted by atomic mass is 32.2. The van der Waals surface area contributed by atoms with E-state index in [1.807, 2.05) is 19.4 Å². The van der Waals surface area contributed by atoms with Gasteiger partial charge in [0.1, 0.15) is 5.82 Å². The number of nitrogens with one attached hydrogen (secondary N) is 1. The van der Waals surface area contributed by atoms with E-state index in [1.54, 1.807) is 0 Å². The minimum absolute atomic E-state index is 0.882. The van der Waals surface area contributed by atoms with Crippen LogP contribution in [-0.2, 0) is 13.6 Å². The summed E-state index contributed by atoms with van der Waals surface area (Å²) in [5.41, 5.74) is 0. The first-order valence-electron chi connectivity index (χ1n) is 5.61. The van der Waals surface area contributed by atoms with E-state index in [0.29, 0.717) is 0 Å². The minimum atomic E-state index is 0.882. The zero-order valence-electron chi connectivity index (χ0n) is 9.28. The number of aryl methyl sites for hydroxylation is 1. The van der Waals surface area contributed by atoms with Gasteiger partial charge in [0, 0.05) is 31.7 Å². The topological polar surface area (TPSA) is 29.9 Å². The molecule has 1 aromatic rings. The Hall–Kier alpha value is -0.480. The Balaban J connectivity index is 1.49. The molecule has 0 bridgehead atoms. The van der Waals surface area contributed by atoms with Crippen LogP contribution in [0.3, 0.4) is 0 Å². The lowest BCUT2D eigenvalue weighted by atomic mass is 10.5. The van der Waals surface area contributed by atoms with Crippen molar-refractivity contribution in [2.75, 3.05) is 18.1 Å². The number of hydrogen-bond acceptors (Lipinski definition) is 3. The average molecular weight is 225 g/mol. The molecule has 1 aromatic heterocycles. The van der Waals surface area contributed by atoms with Crippen LogP contribution in [-0.4, -0.2) is 27.6 Å². The van der Waals surface area contributed by atoms with E-state index in [2.05, 4.69) is 26.6 Å².